The summed E-state index contributed by atoms with van der Waals surface area (Å²) in [5.74, 6) is 0.215. The first kappa shape index (κ1) is 20.3. The Kier molecular flexibility index (Phi) is 7.05. The van der Waals surface area contributed by atoms with Gasteiger partial charge in [0, 0.05) is 31.4 Å². The Hall–Kier alpha value is -2.06. The van der Waals surface area contributed by atoms with Gasteiger partial charge in [-0.3, -0.25) is 10.00 Å². The molecule has 0 atom stereocenters. The molecule has 2 N–H and O–H groups in total. The van der Waals surface area contributed by atoms with Crippen molar-refractivity contribution in [2.75, 3.05) is 33.8 Å². The molecule has 26 heavy (non-hydrogen) atoms. The third-order valence-corrected chi connectivity index (χ3v) is 3.90. The minimum absolute atomic E-state index is 0.215. The monoisotopic (exact) mass is 370 g/mol. The minimum atomic E-state index is -4.44. The Morgan fingerprint density at radius 3 is 2.69 bits per heavy atom. The molecule has 0 saturated heterocycles. The number of alkyl halides is 3. The Morgan fingerprint density at radius 2 is 2.04 bits per heavy atom. The standard InChI is InChI=1S/C18H25F3N4O/c1-4-7-26-15-9-13(8-14(10-15)18(19,20)21)16-11-23-24-17(16)12-25(3)6-5-22-2/h8-11,22H,4-7,12H2,1-3H3,(H,23,24). The van der Waals surface area contributed by atoms with Crippen LogP contribution in [0.4, 0.5) is 13.2 Å². The van der Waals surface area contributed by atoms with Crippen molar-refractivity contribution in [3.8, 4) is 16.9 Å². The second-order valence-corrected chi connectivity index (χ2v) is 6.18. The largest absolute Gasteiger partial charge is 0.494 e. The number of hydrogen-bond acceptors (Lipinski definition) is 4. The van der Waals surface area contributed by atoms with Crippen LogP contribution in [0, 0.1) is 0 Å². The van der Waals surface area contributed by atoms with E-state index in [4.69, 9.17) is 4.74 Å². The lowest BCUT2D eigenvalue weighted by atomic mass is 10.0. The summed E-state index contributed by atoms with van der Waals surface area (Å²) in [7, 11) is 3.81. The lowest BCUT2D eigenvalue weighted by Gasteiger charge is -2.16. The number of H-pyrrole nitrogens is 1. The van der Waals surface area contributed by atoms with Crippen LogP contribution in [0.5, 0.6) is 5.75 Å². The van der Waals surface area contributed by atoms with Crippen molar-refractivity contribution in [3.63, 3.8) is 0 Å². The molecular formula is C18H25F3N4O. The maximum Gasteiger partial charge on any atom is 0.416 e. The normalized spacial score (nSPS) is 12.0. The van der Waals surface area contributed by atoms with Crippen LogP contribution < -0.4 is 10.1 Å². The summed E-state index contributed by atoms with van der Waals surface area (Å²) in [6.45, 7) is 4.42. The first-order valence-corrected chi connectivity index (χ1v) is 8.56. The van der Waals surface area contributed by atoms with Crippen molar-refractivity contribution in [3.05, 3.63) is 35.7 Å². The quantitative estimate of drug-likeness (QED) is 0.709. The zero-order valence-electron chi connectivity index (χ0n) is 15.3. The predicted octanol–water partition coefficient (Wildman–Crippen LogP) is 3.54. The maximum atomic E-state index is 13.3. The van der Waals surface area contributed by atoms with Crippen LogP contribution in [0.2, 0.25) is 0 Å². The lowest BCUT2D eigenvalue weighted by molar-refractivity contribution is -0.137. The zero-order valence-corrected chi connectivity index (χ0v) is 15.3. The number of ether oxygens (including phenoxy) is 1. The van der Waals surface area contributed by atoms with Crippen LogP contribution in [-0.2, 0) is 12.7 Å². The van der Waals surface area contributed by atoms with Crippen LogP contribution in [0.3, 0.4) is 0 Å². The molecule has 1 aromatic heterocycles. The number of aromatic nitrogens is 2. The number of nitrogens with zero attached hydrogens (tertiary/aromatic N) is 2. The van der Waals surface area contributed by atoms with Gasteiger partial charge in [0.15, 0.2) is 0 Å². The molecule has 0 aliphatic rings. The topological polar surface area (TPSA) is 53.2 Å². The minimum Gasteiger partial charge on any atom is -0.494 e. The van der Waals surface area contributed by atoms with Gasteiger partial charge >= 0.3 is 6.18 Å². The molecule has 5 nitrogen and oxygen atoms in total. The molecule has 0 unspecified atom stereocenters. The van der Waals surface area contributed by atoms with Crippen molar-refractivity contribution < 1.29 is 17.9 Å². The maximum absolute atomic E-state index is 13.3. The average Bonchev–Trinajstić information content (AvgIpc) is 3.05. The highest BCUT2D eigenvalue weighted by molar-refractivity contribution is 5.68. The molecule has 1 aromatic carbocycles. The van der Waals surface area contributed by atoms with E-state index in [0.29, 0.717) is 30.0 Å². The molecule has 0 amide bonds. The molecule has 0 fully saturated rings. The van der Waals surface area contributed by atoms with Gasteiger partial charge in [-0.1, -0.05) is 6.92 Å². The van der Waals surface area contributed by atoms with Crippen molar-refractivity contribution in [1.82, 2.24) is 20.4 Å². The Labute approximate surface area is 151 Å². The van der Waals surface area contributed by atoms with Crippen LogP contribution in [0.25, 0.3) is 11.1 Å². The molecule has 144 valence electrons. The molecule has 0 aliphatic carbocycles. The molecule has 2 rings (SSSR count). The molecule has 8 heteroatoms. The van der Waals surface area contributed by atoms with E-state index in [9.17, 15) is 13.2 Å². The van der Waals surface area contributed by atoms with Crippen molar-refractivity contribution in [2.24, 2.45) is 0 Å². The summed E-state index contributed by atoms with van der Waals surface area (Å²) in [5, 5.41) is 10.0. The van der Waals surface area contributed by atoms with E-state index in [0.717, 1.165) is 31.6 Å². The van der Waals surface area contributed by atoms with Gasteiger partial charge in [0.05, 0.1) is 17.9 Å². The van der Waals surface area contributed by atoms with E-state index in [2.05, 4.69) is 20.4 Å². The summed E-state index contributed by atoms with van der Waals surface area (Å²) >= 11 is 0. The van der Waals surface area contributed by atoms with Crippen LogP contribution in [-0.4, -0.2) is 48.9 Å². The molecular weight excluding hydrogens is 345 g/mol. The highest BCUT2D eigenvalue weighted by atomic mass is 19.4. The fourth-order valence-electron chi connectivity index (χ4n) is 2.55. The highest BCUT2D eigenvalue weighted by Crippen LogP contribution is 2.36. The van der Waals surface area contributed by atoms with Crippen molar-refractivity contribution >= 4 is 0 Å². The average molecular weight is 370 g/mol. The van der Waals surface area contributed by atoms with Crippen LogP contribution >= 0.6 is 0 Å². The van der Waals surface area contributed by atoms with Crippen LogP contribution in [0.1, 0.15) is 24.6 Å². The predicted molar refractivity (Wildman–Crippen MR) is 95.1 cm³/mol. The number of aromatic amines is 1. The third kappa shape index (κ3) is 5.47. The summed E-state index contributed by atoms with van der Waals surface area (Å²) in [6.07, 6.45) is -2.09. The van der Waals surface area contributed by atoms with Crippen molar-refractivity contribution in [2.45, 2.75) is 26.1 Å². The smallest absolute Gasteiger partial charge is 0.416 e. The molecule has 0 bridgehead atoms. The number of halogens is 3. The second-order valence-electron chi connectivity index (χ2n) is 6.18. The summed E-state index contributed by atoms with van der Waals surface area (Å²) in [4.78, 5) is 2.05. The van der Waals surface area contributed by atoms with Gasteiger partial charge in [0.25, 0.3) is 0 Å². The van der Waals surface area contributed by atoms with E-state index in [-0.39, 0.29) is 5.75 Å². The highest BCUT2D eigenvalue weighted by Gasteiger charge is 2.32. The van der Waals surface area contributed by atoms with Gasteiger partial charge in [-0.25, -0.2) is 0 Å². The van der Waals surface area contributed by atoms with Gasteiger partial charge in [0.1, 0.15) is 5.75 Å². The molecule has 0 radical (unpaired) electrons. The number of benzene rings is 1. The van der Waals surface area contributed by atoms with E-state index < -0.39 is 11.7 Å². The number of likely N-dealkylation sites (N-methyl/N-ethyl adjacent to an activating group) is 2. The van der Waals surface area contributed by atoms with Gasteiger partial charge in [-0.2, -0.15) is 18.3 Å². The Balaban J connectivity index is 2.34. The third-order valence-electron chi connectivity index (χ3n) is 3.90. The van der Waals surface area contributed by atoms with Gasteiger partial charge < -0.3 is 10.1 Å². The summed E-state index contributed by atoms with van der Waals surface area (Å²) in [6, 6.07) is 3.81. The van der Waals surface area contributed by atoms with E-state index >= 15 is 0 Å². The molecule has 0 aliphatic heterocycles. The second kappa shape index (κ2) is 9.05. The summed E-state index contributed by atoms with van der Waals surface area (Å²) in [5.41, 5.74) is 1.06. The number of rotatable bonds is 9. The first-order valence-electron chi connectivity index (χ1n) is 8.56. The Morgan fingerprint density at radius 1 is 1.27 bits per heavy atom. The van der Waals surface area contributed by atoms with E-state index in [1.807, 2.05) is 21.0 Å². The molecule has 0 saturated carbocycles. The summed E-state index contributed by atoms with van der Waals surface area (Å²) < 4.78 is 45.3. The fraction of sp³-hybridized carbons (Fsp3) is 0.500. The van der Waals surface area contributed by atoms with Gasteiger partial charge in [-0.05, 0) is 44.3 Å². The Bertz CT molecular complexity index is 700. The molecule has 1 heterocycles. The zero-order chi connectivity index (χ0) is 19.2. The fourth-order valence-corrected chi connectivity index (χ4v) is 2.55. The van der Waals surface area contributed by atoms with Gasteiger partial charge in [-0.15, -0.1) is 0 Å². The van der Waals surface area contributed by atoms with Crippen LogP contribution in [0.15, 0.2) is 24.4 Å². The lowest BCUT2D eigenvalue weighted by Crippen LogP contribution is -2.27. The van der Waals surface area contributed by atoms with Crippen molar-refractivity contribution in [1.29, 1.82) is 0 Å². The van der Waals surface area contributed by atoms with E-state index in [1.165, 1.54) is 0 Å². The van der Waals surface area contributed by atoms with E-state index in [1.54, 1.807) is 12.3 Å². The number of nitrogens with one attached hydrogen (secondary N) is 2. The first-order chi connectivity index (χ1) is 12.3. The molecule has 2 aromatic rings. The SMILES string of the molecule is CCCOc1cc(-c2c[nH]nc2CN(C)CCNC)cc(C(F)(F)F)c1. The van der Waals surface area contributed by atoms with Gasteiger partial charge in [0.2, 0.25) is 0 Å². The molecule has 0 spiro atoms. The number of hydrogen-bond donors (Lipinski definition) is 2.